The third-order valence-electron chi connectivity index (χ3n) is 5.69. The van der Waals surface area contributed by atoms with Crippen LogP contribution in [0.3, 0.4) is 0 Å². The van der Waals surface area contributed by atoms with Crippen LogP contribution in [0.5, 0.6) is 5.75 Å². The molecule has 1 heterocycles. The van der Waals surface area contributed by atoms with E-state index in [1.807, 2.05) is 42.5 Å². The normalized spacial score (nSPS) is 15.5. The summed E-state index contributed by atoms with van der Waals surface area (Å²) in [7, 11) is -3.90. The summed E-state index contributed by atoms with van der Waals surface area (Å²) >= 11 is 0. The molecule has 8 heteroatoms. The number of carbonyl (C=O) groups excluding carboxylic acids is 1. The van der Waals surface area contributed by atoms with Crippen LogP contribution in [0.1, 0.15) is 12.8 Å². The van der Waals surface area contributed by atoms with Crippen LogP contribution < -0.4 is 10.1 Å². The van der Waals surface area contributed by atoms with E-state index in [1.54, 1.807) is 0 Å². The van der Waals surface area contributed by atoms with Gasteiger partial charge in [-0.3, -0.25) is 4.79 Å². The molecule has 1 amide bonds. The monoisotopic (exact) mass is 456 g/mol. The van der Waals surface area contributed by atoms with Gasteiger partial charge in [-0.1, -0.05) is 48.5 Å². The van der Waals surface area contributed by atoms with Crippen molar-refractivity contribution in [2.45, 2.75) is 17.7 Å². The number of rotatable bonds is 7. The number of nitrogens with one attached hydrogen (secondary N) is 1. The van der Waals surface area contributed by atoms with Gasteiger partial charge in [-0.15, -0.1) is 0 Å². The number of amides is 1. The molecule has 3 aromatic rings. The van der Waals surface area contributed by atoms with Crippen LogP contribution in [0.15, 0.2) is 71.6 Å². The molecule has 0 bridgehead atoms. The number of piperidine rings is 1. The maximum atomic E-state index is 13.9. The Morgan fingerprint density at radius 3 is 2.47 bits per heavy atom. The second kappa shape index (κ2) is 9.67. The predicted octanol–water partition coefficient (Wildman–Crippen LogP) is 3.57. The summed E-state index contributed by atoms with van der Waals surface area (Å²) in [5.74, 6) is -0.392. The number of nitrogens with zero attached hydrogens (tertiary/aromatic N) is 1. The molecule has 6 nitrogen and oxygen atoms in total. The molecule has 0 radical (unpaired) electrons. The largest absolute Gasteiger partial charge is 0.491 e. The third-order valence-corrected chi connectivity index (χ3v) is 7.62. The van der Waals surface area contributed by atoms with E-state index in [0.717, 1.165) is 22.6 Å². The topological polar surface area (TPSA) is 75.7 Å². The zero-order valence-electron chi connectivity index (χ0n) is 17.5. The summed E-state index contributed by atoms with van der Waals surface area (Å²) in [5.41, 5.74) is 0. The second-order valence-corrected chi connectivity index (χ2v) is 9.63. The van der Waals surface area contributed by atoms with Crippen molar-refractivity contribution >= 4 is 26.7 Å². The maximum absolute atomic E-state index is 13.9. The van der Waals surface area contributed by atoms with Crippen LogP contribution in [-0.4, -0.2) is 44.9 Å². The predicted molar refractivity (Wildman–Crippen MR) is 120 cm³/mol. The molecule has 0 saturated carbocycles. The number of sulfonamides is 1. The molecule has 1 saturated heterocycles. The van der Waals surface area contributed by atoms with Crippen molar-refractivity contribution in [3.8, 4) is 5.75 Å². The summed E-state index contributed by atoms with van der Waals surface area (Å²) in [5, 5.41) is 4.98. The number of benzene rings is 3. The lowest BCUT2D eigenvalue weighted by atomic mass is 9.97. The Kier molecular flexibility index (Phi) is 6.72. The number of carbonyl (C=O) groups is 1. The Bertz CT molecular complexity index is 1200. The second-order valence-electron chi connectivity index (χ2n) is 7.73. The van der Waals surface area contributed by atoms with Gasteiger partial charge < -0.3 is 10.1 Å². The van der Waals surface area contributed by atoms with Crippen LogP contribution in [0.4, 0.5) is 4.39 Å². The highest BCUT2D eigenvalue weighted by Crippen LogP contribution is 2.26. The first-order valence-electron chi connectivity index (χ1n) is 10.6. The quantitative estimate of drug-likeness (QED) is 0.552. The average Bonchev–Trinajstić information content (AvgIpc) is 2.82. The van der Waals surface area contributed by atoms with Gasteiger partial charge in [0.25, 0.3) is 0 Å². The highest BCUT2D eigenvalue weighted by atomic mass is 32.2. The summed E-state index contributed by atoms with van der Waals surface area (Å²) < 4.78 is 46.4. The van der Waals surface area contributed by atoms with Crippen molar-refractivity contribution in [3.05, 3.63) is 72.5 Å². The lowest BCUT2D eigenvalue weighted by molar-refractivity contribution is -0.126. The van der Waals surface area contributed by atoms with Crippen LogP contribution in [0.25, 0.3) is 10.8 Å². The van der Waals surface area contributed by atoms with E-state index >= 15 is 0 Å². The van der Waals surface area contributed by atoms with Crippen molar-refractivity contribution in [2.24, 2.45) is 5.92 Å². The summed E-state index contributed by atoms with van der Waals surface area (Å²) in [6.45, 7) is 1.05. The van der Waals surface area contributed by atoms with E-state index in [0.29, 0.717) is 26.0 Å². The van der Waals surface area contributed by atoms with E-state index in [9.17, 15) is 17.6 Å². The smallest absolute Gasteiger partial charge is 0.245 e. The standard InChI is InChI=1S/C24H25FN2O4S/c25-21-9-3-4-11-23(21)32(29,30)27-15-12-19(13-16-27)24(28)26-14-17-31-22-10-5-7-18-6-1-2-8-20(18)22/h1-11,19H,12-17H2,(H,26,28). The average molecular weight is 457 g/mol. The van der Waals surface area contributed by atoms with Crippen LogP contribution >= 0.6 is 0 Å². The summed E-state index contributed by atoms with van der Waals surface area (Å²) in [6.07, 6.45) is 0.785. The van der Waals surface area contributed by atoms with Crippen molar-refractivity contribution < 1.29 is 22.3 Å². The first-order valence-corrected chi connectivity index (χ1v) is 12.0. The van der Waals surface area contributed by atoms with Gasteiger partial charge >= 0.3 is 0 Å². The Morgan fingerprint density at radius 1 is 1.00 bits per heavy atom. The minimum absolute atomic E-state index is 0.116. The lowest BCUT2D eigenvalue weighted by Gasteiger charge is -2.30. The summed E-state index contributed by atoms with van der Waals surface area (Å²) in [4.78, 5) is 12.2. The van der Waals surface area contributed by atoms with Gasteiger partial charge in [0.15, 0.2) is 0 Å². The number of fused-ring (bicyclic) bond motifs is 1. The molecular formula is C24H25FN2O4S. The van der Waals surface area contributed by atoms with Crippen molar-refractivity contribution in [2.75, 3.05) is 26.2 Å². The lowest BCUT2D eigenvalue weighted by Crippen LogP contribution is -2.43. The third kappa shape index (κ3) is 4.76. The molecule has 4 rings (SSSR count). The molecule has 1 aliphatic rings. The molecule has 3 aromatic carbocycles. The van der Waals surface area contributed by atoms with Crippen LogP contribution in [0, 0.1) is 11.7 Å². The molecule has 0 atom stereocenters. The molecular weight excluding hydrogens is 431 g/mol. The van der Waals surface area contributed by atoms with Gasteiger partial charge in [0, 0.05) is 24.4 Å². The zero-order chi connectivity index (χ0) is 22.6. The van der Waals surface area contributed by atoms with Crippen molar-refractivity contribution in [1.82, 2.24) is 9.62 Å². The molecule has 32 heavy (non-hydrogen) atoms. The minimum Gasteiger partial charge on any atom is -0.491 e. The molecule has 0 unspecified atom stereocenters. The highest BCUT2D eigenvalue weighted by Gasteiger charge is 2.33. The van der Waals surface area contributed by atoms with Gasteiger partial charge in [-0.25, -0.2) is 12.8 Å². The molecule has 1 fully saturated rings. The van der Waals surface area contributed by atoms with E-state index in [2.05, 4.69) is 5.32 Å². The highest BCUT2D eigenvalue weighted by molar-refractivity contribution is 7.89. The number of ether oxygens (including phenoxy) is 1. The number of halogens is 1. The first-order chi connectivity index (χ1) is 15.5. The summed E-state index contributed by atoms with van der Waals surface area (Å²) in [6, 6.07) is 19.1. The van der Waals surface area contributed by atoms with Crippen molar-refractivity contribution in [3.63, 3.8) is 0 Å². The molecule has 1 aliphatic heterocycles. The van der Waals surface area contributed by atoms with Gasteiger partial charge in [-0.05, 0) is 36.4 Å². The van der Waals surface area contributed by atoms with E-state index in [4.69, 9.17) is 4.74 Å². The molecule has 0 aromatic heterocycles. The Morgan fingerprint density at radius 2 is 1.69 bits per heavy atom. The van der Waals surface area contributed by atoms with Gasteiger partial charge in [0.2, 0.25) is 15.9 Å². The van der Waals surface area contributed by atoms with Crippen molar-refractivity contribution in [1.29, 1.82) is 0 Å². The van der Waals surface area contributed by atoms with Crippen LogP contribution in [0.2, 0.25) is 0 Å². The fraction of sp³-hybridized carbons (Fsp3) is 0.292. The SMILES string of the molecule is O=C(NCCOc1cccc2ccccc12)C1CCN(S(=O)(=O)c2ccccc2F)CC1. The number of hydrogen-bond acceptors (Lipinski definition) is 4. The first kappa shape index (κ1) is 22.2. The number of hydrogen-bond donors (Lipinski definition) is 1. The van der Waals surface area contributed by atoms with Gasteiger partial charge in [-0.2, -0.15) is 4.31 Å². The Hall–Kier alpha value is -2.97. The van der Waals surface area contributed by atoms with E-state index < -0.39 is 15.8 Å². The Balaban J connectivity index is 1.26. The molecule has 0 aliphatic carbocycles. The van der Waals surface area contributed by atoms with Gasteiger partial charge in [0.1, 0.15) is 23.1 Å². The van der Waals surface area contributed by atoms with E-state index in [-0.39, 0.29) is 29.8 Å². The van der Waals surface area contributed by atoms with E-state index in [1.165, 1.54) is 22.5 Å². The zero-order valence-corrected chi connectivity index (χ0v) is 18.4. The fourth-order valence-electron chi connectivity index (χ4n) is 3.95. The van der Waals surface area contributed by atoms with Gasteiger partial charge in [0.05, 0.1) is 6.54 Å². The molecule has 1 N–H and O–H groups in total. The molecule has 168 valence electrons. The molecule has 0 spiro atoms. The Labute approximate surface area is 187 Å². The minimum atomic E-state index is -3.90. The maximum Gasteiger partial charge on any atom is 0.245 e. The van der Waals surface area contributed by atoms with Crippen LogP contribution in [-0.2, 0) is 14.8 Å². The fourth-order valence-corrected chi connectivity index (χ4v) is 5.49.